The molecule has 1 amide bonds. The van der Waals surface area contributed by atoms with E-state index in [1.807, 2.05) is 18.2 Å². The third-order valence-electron chi connectivity index (χ3n) is 6.25. The minimum Gasteiger partial charge on any atom is -0.383 e. The Balaban J connectivity index is 1.43. The van der Waals surface area contributed by atoms with Crippen LogP contribution in [0, 0.1) is 0 Å². The molecule has 0 spiro atoms. The van der Waals surface area contributed by atoms with Gasteiger partial charge in [-0.2, -0.15) is 0 Å². The van der Waals surface area contributed by atoms with Crippen molar-refractivity contribution in [3.8, 4) is 22.3 Å². The fourth-order valence-electron chi connectivity index (χ4n) is 4.43. The highest BCUT2D eigenvalue weighted by atomic mass is 19.1. The van der Waals surface area contributed by atoms with Crippen molar-refractivity contribution in [2.75, 3.05) is 30.3 Å². The highest BCUT2D eigenvalue weighted by molar-refractivity contribution is 5.97. The molecule has 158 valence electrons. The molecule has 2 aromatic carbocycles. The van der Waals surface area contributed by atoms with Crippen molar-refractivity contribution >= 4 is 17.4 Å². The first kappa shape index (κ1) is 19.5. The van der Waals surface area contributed by atoms with Gasteiger partial charge in [-0.1, -0.05) is 24.3 Å². The van der Waals surface area contributed by atoms with Crippen molar-refractivity contribution in [3.63, 3.8) is 0 Å². The van der Waals surface area contributed by atoms with Crippen LogP contribution in [-0.4, -0.2) is 36.7 Å². The minimum atomic E-state index is -0.673. The molecule has 31 heavy (non-hydrogen) atoms. The summed E-state index contributed by atoms with van der Waals surface area (Å²) in [5.74, 6) is 0.443. The Labute approximate surface area is 181 Å². The van der Waals surface area contributed by atoms with Crippen LogP contribution in [0.5, 0.6) is 0 Å². The van der Waals surface area contributed by atoms with Gasteiger partial charge in [-0.3, -0.25) is 4.79 Å². The summed E-state index contributed by atoms with van der Waals surface area (Å²) in [4.78, 5) is 18.7. The molecule has 5 nitrogen and oxygen atoms in total. The number of piperidine rings is 1. The van der Waals surface area contributed by atoms with E-state index in [2.05, 4.69) is 45.5 Å². The van der Waals surface area contributed by atoms with Crippen LogP contribution >= 0.6 is 0 Å². The molecular weight excluding hydrogens is 391 g/mol. The lowest BCUT2D eigenvalue weighted by molar-refractivity contribution is 0.0946. The maximum absolute atomic E-state index is 13.4. The Morgan fingerprint density at radius 3 is 2.48 bits per heavy atom. The standard InChI is InChI=1S/C25H25FN4O/c26-20-8-11-30(12-9-20)21-4-1-16(2-5-21)19-14-23(24(27)29-15-19)17-3-6-22-18(13-17)7-10-28-25(22)31/h1-6,13-15,20H,7-12H2,(H2,27,29)(H,28,31). The van der Waals surface area contributed by atoms with Gasteiger partial charge in [0, 0.05) is 48.2 Å². The predicted octanol–water partition coefficient (Wildman–Crippen LogP) is 4.22. The molecule has 3 N–H and O–H groups in total. The number of anilines is 2. The number of nitrogens with zero attached hydrogens (tertiary/aromatic N) is 2. The van der Waals surface area contributed by atoms with Gasteiger partial charge in [-0.25, -0.2) is 9.37 Å². The second-order valence-corrected chi connectivity index (χ2v) is 8.24. The number of nitrogen functional groups attached to an aromatic ring is 1. The number of amides is 1. The monoisotopic (exact) mass is 416 g/mol. The molecule has 1 saturated heterocycles. The molecule has 0 bridgehead atoms. The predicted molar refractivity (Wildman–Crippen MR) is 122 cm³/mol. The average Bonchev–Trinajstić information content (AvgIpc) is 2.80. The molecule has 0 unspecified atom stereocenters. The SMILES string of the molecule is Nc1ncc(-c2ccc(N3CCC(F)CC3)cc2)cc1-c1ccc2c(c1)CCNC2=O. The lowest BCUT2D eigenvalue weighted by Gasteiger charge is -2.30. The van der Waals surface area contributed by atoms with Gasteiger partial charge in [0.1, 0.15) is 12.0 Å². The van der Waals surface area contributed by atoms with E-state index < -0.39 is 6.17 Å². The number of fused-ring (bicyclic) bond motifs is 1. The lowest BCUT2D eigenvalue weighted by Crippen LogP contribution is -2.34. The Bertz CT molecular complexity index is 1120. The van der Waals surface area contributed by atoms with Gasteiger partial charge in [-0.05, 0) is 60.2 Å². The largest absolute Gasteiger partial charge is 0.383 e. The number of nitrogens with two attached hydrogens (primary N) is 1. The van der Waals surface area contributed by atoms with Crippen molar-refractivity contribution < 1.29 is 9.18 Å². The summed E-state index contributed by atoms with van der Waals surface area (Å²) >= 11 is 0. The molecule has 0 saturated carbocycles. The zero-order valence-electron chi connectivity index (χ0n) is 17.3. The van der Waals surface area contributed by atoms with Crippen molar-refractivity contribution in [1.29, 1.82) is 0 Å². The molecule has 0 radical (unpaired) electrons. The highest BCUT2D eigenvalue weighted by Gasteiger charge is 2.19. The summed E-state index contributed by atoms with van der Waals surface area (Å²) in [7, 11) is 0. The minimum absolute atomic E-state index is 0.0246. The van der Waals surface area contributed by atoms with Crippen LogP contribution in [0.1, 0.15) is 28.8 Å². The zero-order valence-corrected chi connectivity index (χ0v) is 17.3. The molecule has 0 aliphatic carbocycles. The van der Waals surface area contributed by atoms with E-state index in [9.17, 15) is 9.18 Å². The smallest absolute Gasteiger partial charge is 0.251 e. The van der Waals surface area contributed by atoms with Crippen LogP contribution in [0.2, 0.25) is 0 Å². The molecule has 6 heteroatoms. The Morgan fingerprint density at radius 2 is 1.71 bits per heavy atom. The molecule has 3 heterocycles. The molecule has 5 rings (SSSR count). The molecule has 2 aliphatic rings. The molecular formula is C25H25FN4O. The maximum Gasteiger partial charge on any atom is 0.251 e. The number of alkyl halides is 1. The summed E-state index contributed by atoms with van der Waals surface area (Å²) in [5.41, 5.74) is 12.9. The third kappa shape index (κ3) is 3.85. The Morgan fingerprint density at radius 1 is 0.968 bits per heavy atom. The second kappa shape index (κ2) is 8.02. The van der Waals surface area contributed by atoms with Crippen molar-refractivity contribution in [3.05, 3.63) is 65.9 Å². The number of nitrogens with one attached hydrogen (secondary N) is 1. The highest BCUT2D eigenvalue weighted by Crippen LogP contribution is 2.32. The number of hydrogen-bond donors (Lipinski definition) is 2. The van der Waals surface area contributed by atoms with Crippen LogP contribution in [0.25, 0.3) is 22.3 Å². The second-order valence-electron chi connectivity index (χ2n) is 8.24. The molecule has 2 aliphatic heterocycles. The van der Waals surface area contributed by atoms with Gasteiger partial charge < -0.3 is 16.0 Å². The average molecular weight is 417 g/mol. The van der Waals surface area contributed by atoms with Crippen LogP contribution in [0.4, 0.5) is 15.9 Å². The topological polar surface area (TPSA) is 71.2 Å². The fraction of sp³-hybridized carbons (Fsp3) is 0.280. The van der Waals surface area contributed by atoms with Gasteiger partial charge >= 0.3 is 0 Å². The van der Waals surface area contributed by atoms with Gasteiger partial charge in [0.25, 0.3) is 5.91 Å². The number of carbonyl (C=O) groups excluding carboxylic acids is 1. The summed E-state index contributed by atoms with van der Waals surface area (Å²) in [6.07, 6.45) is 3.11. The zero-order chi connectivity index (χ0) is 21.4. The van der Waals surface area contributed by atoms with Crippen LogP contribution in [0.3, 0.4) is 0 Å². The summed E-state index contributed by atoms with van der Waals surface area (Å²) in [6, 6.07) is 16.2. The van der Waals surface area contributed by atoms with E-state index in [-0.39, 0.29) is 5.91 Å². The number of carbonyl (C=O) groups is 1. The van der Waals surface area contributed by atoms with Gasteiger partial charge in [0.15, 0.2) is 0 Å². The number of rotatable bonds is 3. The summed E-state index contributed by atoms with van der Waals surface area (Å²) < 4.78 is 13.4. The van der Waals surface area contributed by atoms with Crippen molar-refractivity contribution in [1.82, 2.24) is 10.3 Å². The van der Waals surface area contributed by atoms with E-state index in [1.165, 1.54) is 0 Å². The molecule has 1 aromatic heterocycles. The van der Waals surface area contributed by atoms with Crippen molar-refractivity contribution in [2.45, 2.75) is 25.4 Å². The number of aromatic nitrogens is 1. The van der Waals surface area contributed by atoms with E-state index in [0.717, 1.165) is 58.6 Å². The number of halogens is 1. The van der Waals surface area contributed by atoms with E-state index in [4.69, 9.17) is 5.73 Å². The van der Waals surface area contributed by atoms with Crippen LogP contribution < -0.4 is 16.0 Å². The summed E-state index contributed by atoms with van der Waals surface area (Å²) in [6.45, 7) is 2.16. The van der Waals surface area contributed by atoms with Crippen LogP contribution in [0.15, 0.2) is 54.7 Å². The molecule has 0 atom stereocenters. The third-order valence-corrected chi connectivity index (χ3v) is 6.25. The van der Waals surface area contributed by atoms with Gasteiger partial charge in [0.05, 0.1) is 0 Å². The molecule has 3 aromatic rings. The number of hydrogen-bond acceptors (Lipinski definition) is 4. The van der Waals surface area contributed by atoms with Gasteiger partial charge in [-0.15, -0.1) is 0 Å². The first-order valence-corrected chi connectivity index (χ1v) is 10.7. The first-order valence-electron chi connectivity index (χ1n) is 10.7. The van der Waals surface area contributed by atoms with E-state index in [1.54, 1.807) is 6.20 Å². The Kier molecular flexibility index (Phi) is 5.06. The first-order chi connectivity index (χ1) is 15.1. The number of benzene rings is 2. The normalized spacial score (nSPS) is 16.7. The maximum atomic E-state index is 13.4. The Hall–Kier alpha value is -3.41. The lowest BCUT2D eigenvalue weighted by atomic mass is 9.94. The summed E-state index contributed by atoms with van der Waals surface area (Å²) in [5, 5.41) is 2.87. The van der Waals surface area contributed by atoms with Crippen LogP contribution in [-0.2, 0) is 6.42 Å². The quantitative estimate of drug-likeness (QED) is 0.671. The van der Waals surface area contributed by atoms with E-state index in [0.29, 0.717) is 25.2 Å². The van der Waals surface area contributed by atoms with Gasteiger partial charge in [0.2, 0.25) is 0 Å². The fourth-order valence-corrected chi connectivity index (χ4v) is 4.43. The number of pyridine rings is 1. The van der Waals surface area contributed by atoms with E-state index >= 15 is 0 Å². The van der Waals surface area contributed by atoms with Crippen molar-refractivity contribution in [2.24, 2.45) is 0 Å². The molecule has 1 fully saturated rings.